The van der Waals surface area contributed by atoms with Crippen molar-refractivity contribution >= 4 is 12.1 Å². The molecule has 0 fully saturated rings. The first-order chi connectivity index (χ1) is 9.17. The van der Waals surface area contributed by atoms with Gasteiger partial charge in [0.1, 0.15) is 0 Å². The topological polar surface area (TPSA) is 64.6 Å². The fraction of sp³-hybridized carbons (Fsp3) is 0.429. The Morgan fingerprint density at radius 2 is 1.95 bits per heavy atom. The fourth-order valence-corrected chi connectivity index (χ4v) is 1.66. The van der Waals surface area contributed by atoms with E-state index in [1.807, 2.05) is 37.3 Å². The maximum absolute atomic E-state index is 11.9. The number of methoxy groups -OCH3 is 1. The van der Waals surface area contributed by atoms with Gasteiger partial charge in [0.25, 0.3) is 0 Å². The predicted octanol–water partition coefficient (Wildman–Crippen LogP) is 1.76. The summed E-state index contributed by atoms with van der Waals surface area (Å²) in [4.78, 5) is 22.8. The quantitative estimate of drug-likeness (QED) is 0.627. The van der Waals surface area contributed by atoms with Gasteiger partial charge in [-0.15, -0.1) is 0 Å². The van der Waals surface area contributed by atoms with E-state index in [9.17, 15) is 9.59 Å². The van der Waals surface area contributed by atoms with Crippen molar-refractivity contribution in [2.45, 2.75) is 13.3 Å². The zero-order valence-corrected chi connectivity index (χ0v) is 11.2. The molecule has 1 aromatic rings. The maximum Gasteiger partial charge on any atom is 0.515 e. The number of esters is 1. The lowest BCUT2D eigenvalue weighted by Crippen LogP contribution is -2.32. The molecule has 1 aromatic carbocycles. The van der Waals surface area contributed by atoms with Gasteiger partial charge in [-0.2, -0.15) is 0 Å². The number of carbonyl (C=O) groups excluding carboxylic acids is 2. The summed E-state index contributed by atoms with van der Waals surface area (Å²) in [7, 11) is 1.17. The molecule has 5 heteroatoms. The molecule has 104 valence electrons. The Morgan fingerprint density at radius 3 is 2.53 bits per heavy atom. The minimum atomic E-state index is -0.973. The number of carbonyl (C=O) groups is 2. The third kappa shape index (κ3) is 5.52. The Balaban J connectivity index is 2.65. The van der Waals surface area contributed by atoms with Crippen LogP contribution in [0.5, 0.6) is 0 Å². The first-order valence-corrected chi connectivity index (χ1v) is 6.21. The summed E-state index contributed by atoms with van der Waals surface area (Å²) in [5, 5.41) is 3.09. The van der Waals surface area contributed by atoms with Gasteiger partial charge in [0.15, 0.2) is 0 Å². The van der Waals surface area contributed by atoms with Crippen LogP contribution in [0.2, 0.25) is 0 Å². The lowest BCUT2D eigenvalue weighted by molar-refractivity contribution is -0.144. The van der Waals surface area contributed by atoms with E-state index in [0.717, 1.165) is 12.1 Å². The van der Waals surface area contributed by atoms with Crippen LogP contribution in [0.1, 0.15) is 12.5 Å². The van der Waals surface area contributed by atoms with Gasteiger partial charge in [0, 0.05) is 6.54 Å². The summed E-state index contributed by atoms with van der Waals surface area (Å²) in [5.41, 5.74) is 1.02. The van der Waals surface area contributed by atoms with E-state index in [2.05, 4.69) is 14.8 Å². The van der Waals surface area contributed by atoms with Crippen molar-refractivity contribution in [3.63, 3.8) is 0 Å². The van der Waals surface area contributed by atoms with Crippen LogP contribution < -0.4 is 5.32 Å². The second kappa shape index (κ2) is 8.26. The molecule has 0 saturated heterocycles. The van der Waals surface area contributed by atoms with Gasteiger partial charge in [-0.1, -0.05) is 37.3 Å². The summed E-state index contributed by atoms with van der Waals surface area (Å²) < 4.78 is 8.91. The highest BCUT2D eigenvalue weighted by atomic mass is 16.7. The molecule has 0 aliphatic carbocycles. The van der Waals surface area contributed by atoms with Crippen molar-refractivity contribution in [2.24, 2.45) is 5.92 Å². The fourth-order valence-electron chi connectivity index (χ4n) is 1.66. The molecule has 19 heavy (non-hydrogen) atoms. The van der Waals surface area contributed by atoms with Gasteiger partial charge >= 0.3 is 12.1 Å². The van der Waals surface area contributed by atoms with Crippen LogP contribution in [0.25, 0.3) is 0 Å². The molecule has 1 unspecified atom stereocenters. The molecule has 0 saturated carbocycles. The van der Waals surface area contributed by atoms with Crippen LogP contribution in [0.3, 0.4) is 0 Å². The van der Waals surface area contributed by atoms with Gasteiger partial charge in [-0.05, 0) is 18.5 Å². The Labute approximate surface area is 112 Å². The first kappa shape index (κ1) is 15.2. The van der Waals surface area contributed by atoms with Crippen molar-refractivity contribution in [3.8, 4) is 0 Å². The molecule has 0 amide bonds. The summed E-state index contributed by atoms with van der Waals surface area (Å²) in [6.45, 7) is 3.16. The number of hydrogen-bond donors (Lipinski definition) is 1. The number of hydrogen-bond acceptors (Lipinski definition) is 5. The third-order valence-electron chi connectivity index (χ3n) is 2.65. The first-order valence-electron chi connectivity index (χ1n) is 6.21. The Bertz CT molecular complexity index is 405. The van der Waals surface area contributed by atoms with Crippen LogP contribution in [0, 0.1) is 5.92 Å². The molecular formula is C14H19NO4. The minimum absolute atomic E-state index is 0.415. The minimum Gasteiger partial charge on any atom is -0.437 e. The van der Waals surface area contributed by atoms with Crippen LogP contribution >= 0.6 is 0 Å². The van der Waals surface area contributed by atoms with Crippen molar-refractivity contribution < 1.29 is 19.1 Å². The van der Waals surface area contributed by atoms with E-state index >= 15 is 0 Å². The second-order valence-corrected chi connectivity index (χ2v) is 4.07. The van der Waals surface area contributed by atoms with Crippen LogP contribution in [0.4, 0.5) is 4.79 Å². The molecule has 0 bridgehead atoms. The molecule has 0 spiro atoms. The second-order valence-electron chi connectivity index (χ2n) is 4.07. The molecule has 0 aromatic heterocycles. The Kier molecular flexibility index (Phi) is 6.60. The molecule has 0 aliphatic rings. The Hall–Kier alpha value is -1.88. The van der Waals surface area contributed by atoms with Gasteiger partial charge in [-0.3, -0.25) is 4.79 Å². The number of benzene rings is 1. The lowest BCUT2D eigenvalue weighted by atomic mass is 9.99. The van der Waals surface area contributed by atoms with Gasteiger partial charge in [0.2, 0.25) is 0 Å². The van der Waals surface area contributed by atoms with Crippen molar-refractivity contribution in [1.82, 2.24) is 5.32 Å². The van der Waals surface area contributed by atoms with E-state index in [1.165, 1.54) is 7.11 Å². The summed E-state index contributed by atoms with van der Waals surface area (Å²) >= 11 is 0. The maximum atomic E-state index is 11.9. The largest absolute Gasteiger partial charge is 0.515 e. The van der Waals surface area contributed by atoms with Crippen LogP contribution in [-0.2, 0) is 20.7 Å². The van der Waals surface area contributed by atoms with E-state index in [0.29, 0.717) is 13.0 Å². The zero-order chi connectivity index (χ0) is 14.1. The molecule has 1 rings (SSSR count). The van der Waals surface area contributed by atoms with E-state index < -0.39 is 18.0 Å². The lowest BCUT2D eigenvalue weighted by Gasteiger charge is -2.15. The SMILES string of the molecule is CCNCC(Cc1ccccc1)C(=O)OC(=O)OC. The van der Waals surface area contributed by atoms with Crippen molar-refractivity contribution in [1.29, 1.82) is 0 Å². The van der Waals surface area contributed by atoms with Gasteiger partial charge in [0.05, 0.1) is 13.0 Å². The average molecular weight is 265 g/mol. The van der Waals surface area contributed by atoms with Gasteiger partial charge < -0.3 is 14.8 Å². The summed E-state index contributed by atoms with van der Waals surface area (Å²) in [6, 6.07) is 9.60. The number of ether oxygens (including phenoxy) is 2. The molecule has 5 nitrogen and oxygen atoms in total. The summed E-state index contributed by atoms with van der Waals surface area (Å²) in [5.74, 6) is -0.988. The van der Waals surface area contributed by atoms with Crippen LogP contribution in [0.15, 0.2) is 30.3 Å². The molecular weight excluding hydrogens is 246 g/mol. The normalized spacial score (nSPS) is 11.7. The number of rotatable bonds is 6. The molecule has 0 heterocycles. The van der Waals surface area contributed by atoms with E-state index in [4.69, 9.17) is 0 Å². The van der Waals surface area contributed by atoms with E-state index in [1.54, 1.807) is 0 Å². The third-order valence-corrected chi connectivity index (χ3v) is 2.65. The predicted molar refractivity (Wildman–Crippen MR) is 70.7 cm³/mol. The van der Waals surface area contributed by atoms with E-state index in [-0.39, 0.29) is 0 Å². The molecule has 1 N–H and O–H groups in total. The highest BCUT2D eigenvalue weighted by Gasteiger charge is 2.23. The van der Waals surface area contributed by atoms with Gasteiger partial charge in [-0.25, -0.2) is 4.79 Å². The zero-order valence-electron chi connectivity index (χ0n) is 11.2. The van der Waals surface area contributed by atoms with Crippen molar-refractivity contribution in [2.75, 3.05) is 20.2 Å². The monoisotopic (exact) mass is 265 g/mol. The van der Waals surface area contributed by atoms with Crippen LogP contribution in [-0.4, -0.2) is 32.3 Å². The standard InChI is InChI=1S/C14H19NO4/c1-3-15-10-12(13(16)19-14(17)18-2)9-11-7-5-4-6-8-11/h4-8,12,15H,3,9-10H2,1-2H3. The number of nitrogens with one attached hydrogen (secondary N) is 1. The average Bonchev–Trinajstić information content (AvgIpc) is 2.44. The molecule has 0 aliphatic heterocycles. The highest BCUT2D eigenvalue weighted by molar-refractivity contribution is 5.83. The molecule has 0 radical (unpaired) electrons. The highest BCUT2D eigenvalue weighted by Crippen LogP contribution is 2.10. The molecule has 1 atom stereocenters. The Morgan fingerprint density at radius 1 is 1.26 bits per heavy atom. The van der Waals surface area contributed by atoms with Crippen molar-refractivity contribution in [3.05, 3.63) is 35.9 Å². The summed E-state index contributed by atoms with van der Waals surface area (Å²) in [6.07, 6.45) is -0.455. The smallest absolute Gasteiger partial charge is 0.437 e.